The molecule has 0 bridgehead atoms. The smallest absolute Gasteiger partial charge is 0.229 e. The molecule has 3 heterocycles. The SMILES string of the molecule is CCOC1CN(C2CCN(c3cc(OC)c(Nc4ncc(Br)c(Nc5ccccc5NSC5CC5)n4)cc3C)CC2)C1. The fraction of sp³-hybridized carbons (Fsp3) is 0.484. The molecule has 0 spiro atoms. The van der Waals surface area contributed by atoms with Gasteiger partial charge < -0.3 is 29.7 Å². The van der Waals surface area contributed by atoms with Crippen molar-refractivity contribution in [3.63, 3.8) is 0 Å². The largest absolute Gasteiger partial charge is 0.494 e. The molecule has 0 atom stereocenters. The summed E-state index contributed by atoms with van der Waals surface area (Å²) in [5.74, 6) is 1.94. The average molecular weight is 655 g/mol. The number of ether oxygens (including phenoxy) is 2. The predicted octanol–water partition coefficient (Wildman–Crippen LogP) is 6.96. The number of hydrogen-bond donors (Lipinski definition) is 3. The summed E-state index contributed by atoms with van der Waals surface area (Å²) in [5.41, 5.74) is 5.25. The van der Waals surface area contributed by atoms with Crippen molar-refractivity contribution in [3.05, 3.63) is 52.6 Å². The summed E-state index contributed by atoms with van der Waals surface area (Å²) in [5, 5.41) is 7.57. The number of para-hydroxylation sites is 2. The van der Waals surface area contributed by atoms with Crippen LogP contribution in [0.4, 0.5) is 34.5 Å². The number of benzene rings is 2. The minimum absolute atomic E-state index is 0.421. The van der Waals surface area contributed by atoms with E-state index in [1.807, 2.05) is 18.2 Å². The minimum Gasteiger partial charge on any atom is -0.494 e. The van der Waals surface area contributed by atoms with E-state index in [0.717, 1.165) is 60.1 Å². The highest BCUT2D eigenvalue weighted by atomic mass is 79.9. The molecule has 0 unspecified atom stereocenters. The van der Waals surface area contributed by atoms with Crippen molar-refractivity contribution in [1.29, 1.82) is 0 Å². The van der Waals surface area contributed by atoms with Crippen LogP contribution in [-0.2, 0) is 4.74 Å². The maximum Gasteiger partial charge on any atom is 0.229 e. The normalized spacial score (nSPS) is 18.0. The van der Waals surface area contributed by atoms with Crippen LogP contribution in [0.15, 0.2) is 47.1 Å². The van der Waals surface area contributed by atoms with Gasteiger partial charge in [0.2, 0.25) is 5.95 Å². The Morgan fingerprint density at radius 1 is 1.02 bits per heavy atom. The van der Waals surface area contributed by atoms with Gasteiger partial charge in [-0.1, -0.05) is 12.1 Å². The van der Waals surface area contributed by atoms with E-state index in [0.29, 0.717) is 29.2 Å². The fourth-order valence-electron chi connectivity index (χ4n) is 5.64. The monoisotopic (exact) mass is 653 g/mol. The van der Waals surface area contributed by atoms with Crippen molar-refractivity contribution < 1.29 is 9.47 Å². The number of nitrogens with zero attached hydrogens (tertiary/aromatic N) is 4. The van der Waals surface area contributed by atoms with Crippen LogP contribution in [-0.4, -0.2) is 72.2 Å². The van der Waals surface area contributed by atoms with Crippen LogP contribution in [0, 0.1) is 6.92 Å². The molecule has 2 aromatic carbocycles. The topological polar surface area (TPSA) is 86.8 Å². The molecule has 1 aliphatic carbocycles. The van der Waals surface area contributed by atoms with E-state index in [9.17, 15) is 0 Å². The number of rotatable bonds is 12. The van der Waals surface area contributed by atoms with Crippen LogP contribution in [0.3, 0.4) is 0 Å². The van der Waals surface area contributed by atoms with Gasteiger partial charge in [0.25, 0.3) is 0 Å². The number of likely N-dealkylation sites (tertiary alicyclic amines) is 1. The Morgan fingerprint density at radius 2 is 1.79 bits per heavy atom. The van der Waals surface area contributed by atoms with Gasteiger partial charge >= 0.3 is 0 Å². The molecule has 3 N–H and O–H groups in total. The van der Waals surface area contributed by atoms with Gasteiger partial charge in [-0.2, -0.15) is 4.98 Å². The molecule has 224 valence electrons. The molecular formula is C31H40BrN7O2S. The van der Waals surface area contributed by atoms with E-state index in [4.69, 9.17) is 14.5 Å². The predicted molar refractivity (Wildman–Crippen MR) is 177 cm³/mol. The highest BCUT2D eigenvalue weighted by Gasteiger charge is 2.34. The molecular weight excluding hydrogens is 614 g/mol. The zero-order valence-electron chi connectivity index (χ0n) is 24.5. The van der Waals surface area contributed by atoms with Gasteiger partial charge in [-0.15, -0.1) is 0 Å². The van der Waals surface area contributed by atoms with E-state index >= 15 is 0 Å². The highest BCUT2D eigenvalue weighted by molar-refractivity contribution is 9.10. The summed E-state index contributed by atoms with van der Waals surface area (Å²) in [6, 6.07) is 13.1. The molecule has 3 fully saturated rings. The first-order valence-electron chi connectivity index (χ1n) is 14.9. The molecule has 42 heavy (non-hydrogen) atoms. The number of anilines is 6. The van der Waals surface area contributed by atoms with Gasteiger partial charge in [-0.05, 0) is 91.2 Å². The van der Waals surface area contributed by atoms with Gasteiger partial charge in [-0.25, -0.2) is 4.98 Å². The third-order valence-electron chi connectivity index (χ3n) is 8.15. The Hall–Kier alpha value is -2.73. The Labute approximate surface area is 261 Å². The van der Waals surface area contributed by atoms with E-state index < -0.39 is 0 Å². The molecule has 3 aromatic rings. The van der Waals surface area contributed by atoms with Gasteiger partial charge in [0, 0.05) is 62.0 Å². The van der Waals surface area contributed by atoms with Crippen molar-refractivity contribution in [2.75, 3.05) is 60.2 Å². The fourth-order valence-corrected chi connectivity index (χ4v) is 6.78. The van der Waals surface area contributed by atoms with Crippen LogP contribution in [0.25, 0.3) is 0 Å². The van der Waals surface area contributed by atoms with Crippen LogP contribution in [0.5, 0.6) is 5.75 Å². The number of halogens is 1. The summed E-state index contributed by atoms with van der Waals surface area (Å²) in [4.78, 5) is 14.4. The Balaban J connectivity index is 1.12. The molecule has 3 aliphatic rings. The molecule has 9 nitrogen and oxygen atoms in total. The Bertz CT molecular complexity index is 1380. The van der Waals surface area contributed by atoms with Gasteiger partial charge in [-0.3, -0.25) is 4.90 Å². The lowest BCUT2D eigenvalue weighted by Crippen LogP contribution is -2.58. The third-order valence-corrected chi connectivity index (χ3v) is 9.87. The maximum absolute atomic E-state index is 5.84. The number of aryl methyl sites for hydroxylation is 1. The van der Waals surface area contributed by atoms with Crippen LogP contribution in [0.1, 0.15) is 38.2 Å². The minimum atomic E-state index is 0.421. The first-order chi connectivity index (χ1) is 20.5. The van der Waals surface area contributed by atoms with Crippen molar-refractivity contribution in [2.24, 2.45) is 0 Å². The van der Waals surface area contributed by atoms with Crippen molar-refractivity contribution in [1.82, 2.24) is 14.9 Å². The van der Waals surface area contributed by atoms with Crippen LogP contribution in [0.2, 0.25) is 0 Å². The lowest BCUT2D eigenvalue weighted by molar-refractivity contribution is -0.0712. The first kappa shape index (κ1) is 29.3. The second-order valence-corrected chi connectivity index (χ2v) is 13.2. The van der Waals surface area contributed by atoms with E-state index in [-0.39, 0.29) is 0 Å². The van der Waals surface area contributed by atoms with E-state index in [1.54, 1.807) is 25.3 Å². The highest BCUT2D eigenvalue weighted by Crippen LogP contribution is 2.39. The summed E-state index contributed by atoms with van der Waals surface area (Å²) in [6.07, 6.45) is 7.07. The van der Waals surface area contributed by atoms with E-state index in [1.165, 1.54) is 36.9 Å². The molecule has 1 saturated carbocycles. The standard InChI is InChI=1S/C31H40BrN7O2S/c1-4-41-22-18-39(19-22)21-11-13-38(14-12-21)28-16-29(40-3)27(15-20(28)2)35-31-33-17-24(32)30(36-31)34-25-7-5-6-8-26(25)37-42-23-9-10-23/h5-8,15-17,21-23,37H,4,9-14,18-19H2,1-3H3,(H2,33,34,35,36). The third kappa shape index (κ3) is 6.90. The molecule has 0 amide bonds. The molecule has 0 radical (unpaired) electrons. The number of piperidine rings is 1. The number of hydrogen-bond acceptors (Lipinski definition) is 10. The summed E-state index contributed by atoms with van der Waals surface area (Å²) in [7, 11) is 1.71. The van der Waals surface area contributed by atoms with Crippen molar-refractivity contribution in [3.8, 4) is 5.75 Å². The van der Waals surface area contributed by atoms with E-state index in [2.05, 4.69) is 78.1 Å². The van der Waals surface area contributed by atoms with Crippen LogP contribution < -0.4 is 25.0 Å². The zero-order chi connectivity index (χ0) is 29.1. The van der Waals surface area contributed by atoms with Gasteiger partial charge in [0.1, 0.15) is 11.6 Å². The van der Waals surface area contributed by atoms with Gasteiger partial charge in [0.15, 0.2) is 0 Å². The molecule has 1 aromatic heterocycles. The van der Waals surface area contributed by atoms with Gasteiger partial charge in [0.05, 0.1) is 34.7 Å². The lowest BCUT2D eigenvalue weighted by atomic mass is 9.97. The average Bonchev–Trinajstić information content (AvgIpc) is 3.81. The molecule has 11 heteroatoms. The molecule has 2 aliphatic heterocycles. The number of nitrogens with one attached hydrogen (secondary N) is 3. The molecule has 2 saturated heterocycles. The second kappa shape index (κ2) is 13.3. The second-order valence-electron chi connectivity index (χ2n) is 11.2. The zero-order valence-corrected chi connectivity index (χ0v) is 26.9. The van der Waals surface area contributed by atoms with Crippen molar-refractivity contribution >= 4 is 62.4 Å². The Morgan fingerprint density at radius 3 is 2.50 bits per heavy atom. The number of aromatic nitrogens is 2. The van der Waals surface area contributed by atoms with Crippen LogP contribution >= 0.6 is 27.9 Å². The maximum atomic E-state index is 5.84. The summed E-state index contributed by atoms with van der Waals surface area (Å²) < 4.78 is 15.9. The first-order valence-corrected chi connectivity index (χ1v) is 16.5. The molecule has 6 rings (SSSR count). The van der Waals surface area contributed by atoms with Crippen molar-refractivity contribution in [2.45, 2.75) is 56.9 Å². The lowest BCUT2D eigenvalue weighted by Gasteiger charge is -2.47. The summed E-state index contributed by atoms with van der Waals surface area (Å²) in [6.45, 7) is 9.27. The Kier molecular flexibility index (Phi) is 9.28. The quantitative estimate of drug-likeness (QED) is 0.178. The summed E-state index contributed by atoms with van der Waals surface area (Å²) >= 11 is 5.40. The number of methoxy groups -OCH3 is 1.